The second kappa shape index (κ2) is 10.6. The predicted octanol–water partition coefficient (Wildman–Crippen LogP) is 4.87. The molecule has 1 amide bonds. The number of methoxy groups -OCH3 is 1. The molecule has 4 nitrogen and oxygen atoms in total. The van der Waals surface area contributed by atoms with E-state index in [9.17, 15) is 9.59 Å². The topological polar surface area (TPSA) is 55.4 Å². The van der Waals surface area contributed by atoms with Crippen LogP contribution in [-0.4, -0.2) is 25.0 Å². The van der Waals surface area contributed by atoms with E-state index in [4.69, 9.17) is 4.74 Å². The second-order valence-electron chi connectivity index (χ2n) is 7.54. The number of amides is 1. The minimum absolute atomic E-state index is 0.248. The van der Waals surface area contributed by atoms with E-state index in [-0.39, 0.29) is 5.91 Å². The van der Waals surface area contributed by atoms with Gasteiger partial charge >= 0.3 is 5.97 Å². The predicted molar refractivity (Wildman–Crippen MR) is 123 cm³/mol. The lowest BCUT2D eigenvalue weighted by molar-refractivity contribution is -0.145. The Kier molecular flexibility index (Phi) is 7.60. The fraction of sp³-hybridized carbons (Fsp3) is 0.259. The summed E-state index contributed by atoms with van der Waals surface area (Å²) in [5.74, 6) is -0.674. The highest BCUT2D eigenvalue weighted by atomic mass is 16.5. The summed E-state index contributed by atoms with van der Waals surface area (Å²) in [5.41, 5.74) is 1.40. The van der Waals surface area contributed by atoms with Crippen LogP contribution in [0.5, 0.6) is 0 Å². The Morgan fingerprint density at radius 3 is 1.58 bits per heavy atom. The van der Waals surface area contributed by atoms with Crippen molar-refractivity contribution in [2.75, 3.05) is 7.11 Å². The number of ether oxygens (including phenoxy) is 1. The van der Waals surface area contributed by atoms with E-state index in [2.05, 4.69) is 12.2 Å². The summed E-state index contributed by atoms with van der Waals surface area (Å²) in [5, 5.41) is 3.03. The van der Waals surface area contributed by atoms with Gasteiger partial charge in [-0.25, -0.2) is 4.79 Å². The first-order chi connectivity index (χ1) is 15.1. The summed E-state index contributed by atoms with van der Waals surface area (Å²) in [4.78, 5) is 26.6. The molecule has 0 saturated carbocycles. The van der Waals surface area contributed by atoms with Crippen molar-refractivity contribution in [1.82, 2.24) is 5.32 Å². The first-order valence-electron chi connectivity index (χ1n) is 10.7. The van der Waals surface area contributed by atoms with Crippen molar-refractivity contribution in [2.45, 2.75) is 37.6 Å². The Labute approximate surface area is 184 Å². The monoisotopic (exact) mass is 415 g/mol. The van der Waals surface area contributed by atoms with Crippen LogP contribution in [0.3, 0.4) is 0 Å². The van der Waals surface area contributed by atoms with Gasteiger partial charge in [-0.05, 0) is 23.1 Å². The minimum Gasteiger partial charge on any atom is -0.467 e. The molecule has 0 fully saturated rings. The number of carbonyl (C=O) groups excluding carboxylic acids is 2. The van der Waals surface area contributed by atoms with Crippen LogP contribution in [0.15, 0.2) is 91.0 Å². The molecule has 160 valence electrons. The lowest BCUT2D eigenvalue weighted by Gasteiger charge is -2.35. The Morgan fingerprint density at radius 2 is 1.23 bits per heavy atom. The lowest BCUT2D eigenvalue weighted by atomic mass is 9.68. The van der Waals surface area contributed by atoms with Crippen molar-refractivity contribution >= 4 is 11.9 Å². The molecule has 0 bridgehead atoms. The number of nitrogens with one attached hydrogen (secondary N) is 1. The van der Waals surface area contributed by atoms with Crippen molar-refractivity contribution < 1.29 is 14.3 Å². The SMILES string of the molecule is CCCC[C@H](NC(=O)C(c1ccccc1)(c1ccccc1)c1ccccc1)C(=O)OC. The maximum absolute atomic E-state index is 14.1. The number of unbranched alkanes of at least 4 members (excludes halogenated alkanes) is 1. The zero-order valence-electron chi connectivity index (χ0n) is 18.1. The van der Waals surface area contributed by atoms with Crippen molar-refractivity contribution in [3.63, 3.8) is 0 Å². The quantitative estimate of drug-likeness (QED) is 0.401. The maximum atomic E-state index is 14.1. The molecule has 1 N–H and O–H groups in total. The zero-order chi connectivity index (χ0) is 22.1. The third kappa shape index (κ3) is 4.69. The standard InChI is InChI=1S/C27H29NO3/c1-3-4-20-24(25(29)31-2)28-26(30)27(21-14-8-5-9-15-21,22-16-10-6-11-17-22)23-18-12-7-13-19-23/h5-19,24H,3-4,20H2,1-2H3,(H,28,30)/t24-/m0/s1. The van der Waals surface area contributed by atoms with Gasteiger partial charge in [-0.1, -0.05) is 111 Å². The van der Waals surface area contributed by atoms with Gasteiger partial charge in [-0.2, -0.15) is 0 Å². The van der Waals surface area contributed by atoms with Crippen LogP contribution in [0, 0.1) is 0 Å². The lowest BCUT2D eigenvalue weighted by Crippen LogP contribution is -2.52. The van der Waals surface area contributed by atoms with E-state index < -0.39 is 17.4 Å². The number of carbonyl (C=O) groups is 2. The molecular weight excluding hydrogens is 386 g/mol. The summed E-state index contributed by atoms with van der Waals surface area (Å²) in [6, 6.07) is 28.4. The largest absolute Gasteiger partial charge is 0.467 e. The van der Waals surface area contributed by atoms with Crippen LogP contribution in [-0.2, 0) is 19.7 Å². The van der Waals surface area contributed by atoms with Crippen LogP contribution in [0.1, 0.15) is 42.9 Å². The molecule has 4 heteroatoms. The molecule has 0 saturated heterocycles. The molecule has 0 aromatic heterocycles. The van der Waals surface area contributed by atoms with Gasteiger partial charge in [0.15, 0.2) is 0 Å². The van der Waals surface area contributed by atoms with Crippen LogP contribution < -0.4 is 5.32 Å². The molecule has 1 atom stereocenters. The third-order valence-electron chi connectivity index (χ3n) is 5.60. The summed E-state index contributed by atoms with van der Waals surface area (Å²) >= 11 is 0. The van der Waals surface area contributed by atoms with Crippen molar-refractivity contribution in [3.05, 3.63) is 108 Å². The fourth-order valence-corrected chi connectivity index (χ4v) is 4.02. The molecule has 0 aliphatic carbocycles. The van der Waals surface area contributed by atoms with Gasteiger partial charge in [0.05, 0.1) is 7.11 Å². The Balaban J connectivity index is 2.19. The third-order valence-corrected chi connectivity index (χ3v) is 5.60. The second-order valence-corrected chi connectivity index (χ2v) is 7.54. The van der Waals surface area contributed by atoms with Crippen LogP contribution in [0.2, 0.25) is 0 Å². The Hall–Kier alpha value is -3.40. The minimum atomic E-state index is -1.11. The summed E-state index contributed by atoms with van der Waals surface area (Å²) < 4.78 is 4.99. The van der Waals surface area contributed by atoms with E-state index in [1.165, 1.54) is 7.11 Å². The van der Waals surface area contributed by atoms with E-state index >= 15 is 0 Å². The van der Waals surface area contributed by atoms with Gasteiger partial charge in [0.2, 0.25) is 5.91 Å². The molecule has 0 aliphatic rings. The van der Waals surface area contributed by atoms with Crippen LogP contribution in [0.4, 0.5) is 0 Å². The summed E-state index contributed by atoms with van der Waals surface area (Å²) in [6.45, 7) is 2.05. The van der Waals surface area contributed by atoms with Crippen molar-refractivity contribution in [2.24, 2.45) is 0 Å². The van der Waals surface area contributed by atoms with E-state index in [1.54, 1.807) is 0 Å². The number of esters is 1. The molecule has 3 rings (SSSR count). The smallest absolute Gasteiger partial charge is 0.328 e. The van der Waals surface area contributed by atoms with Crippen molar-refractivity contribution in [1.29, 1.82) is 0 Å². The molecule has 31 heavy (non-hydrogen) atoms. The first-order valence-corrected chi connectivity index (χ1v) is 10.7. The van der Waals surface area contributed by atoms with Gasteiger partial charge in [0.1, 0.15) is 11.5 Å². The van der Waals surface area contributed by atoms with E-state index in [0.717, 1.165) is 29.5 Å². The Morgan fingerprint density at radius 1 is 0.806 bits per heavy atom. The summed E-state index contributed by atoms with van der Waals surface area (Å²) in [7, 11) is 1.35. The van der Waals surface area contributed by atoms with Gasteiger partial charge in [-0.3, -0.25) is 4.79 Å². The van der Waals surface area contributed by atoms with Crippen LogP contribution in [0.25, 0.3) is 0 Å². The number of hydrogen-bond donors (Lipinski definition) is 1. The highest BCUT2D eigenvalue weighted by Crippen LogP contribution is 2.39. The van der Waals surface area contributed by atoms with E-state index in [0.29, 0.717) is 6.42 Å². The first kappa shape index (κ1) is 22.3. The molecule has 0 spiro atoms. The normalized spacial score (nSPS) is 12.1. The van der Waals surface area contributed by atoms with Gasteiger partial charge in [-0.15, -0.1) is 0 Å². The molecular formula is C27H29NO3. The van der Waals surface area contributed by atoms with Crippen LogP contribution >= 0.6 is 0 Å². The Bertz CT molecular complexity index is 874. The van der Waals surface area contributed by atoms with E-state index in [1.807, 2.05) is 91.0 Å². The number of hydrogen-bond acceptors (Lipinski definition) is 3. The summed E-state index contributed by atoms with van der Waals surface area (Å²) in [6.07, 6.45) is 2.27. The molecule has 0 aliphatic heterocycles. The molecule has 0 heterocycles. The average molecular weight is 416 g/mol. The fourth-order valence-electron chi connectivity index (χ4n) is 4.02. The van der Waals surface area contributed by atoms with Gasteiger partial charge in [0, 0.05) is 0 Å². The number of rotatable bonds is 9. The molecule has 3 aromatic carbocycles. The number of benzene rings is 3. The van der Waals surface area contributed by atoms with Gasteiger partial charge < -0.3 is 10.1 Å². The zero-order valence-corrected chi connectivity index (χ0v) is 18.1. The maximum Gasteiger partial charge on any atom is 0.328 e. The van der Waals surface area contributed by atoms with Gasteiger partial charge in [0.25, 0.3) is 0 Å². The van der Waals surface area contributed by atoms with Crippen molar-refractivity contribution in [3.8, 4) is 0 Å². The molecule has 0 unspecified atom stereocenters. The average Bonchev–Trinajstić information content (AvgIpc) is 2.84. The molecule has 0 radical (unpaired) electrons. The highest BCUT2D eigenvalue weighted by molar-refractivity contribution is 5.98. The highest BCUT2D eigenvalue weighted by Gasteiger charge is 2.44. The molecule has 3 aromatic rings.